The fourth-order valence-electron chi connectivity index (χ4n) is 1.19. The fraction of sp³-hybridized carbons (Fsp3) is 0.333. The normalized spacial score (nSPS) is 16.1. The quantitative estimate of drug-likeness (QED) is 0.692. The van der Waals surface area contributed by atoms with Gasteiger partial charge in [-0.1, -0.05) is 0 Å². The molecule has 0 spiro atoms. The second-order valence-corrected chi connectivity index (χ2v) is 5.11. The minimum Gasteiger partial charge on any atom is -0.506 e. The van der Waals surface area contributed by atoms with Gasteiger partial charge in [-0.3, -0.25) is 4.72 Å². The molecule has 1 aromatic rings. The number of hydrogen-bond acceptors (Lipinski definition) is 3. The largest absolute Gasteiger partial charge is 0.506 e. The van der Waals surface area contributed by atoms with Crippen LogP contribution in [0.1, 0.15) is 12.8 Å². The second kappa shape index (κ2) is 3.91. The zero-order valence-electron chi connectivity index (χ0n) is 8.27. The number of aromatic hydroxyl groups is 1. The topological polar surface area (TPSA) is 78.4 Å². The number of phenols is 1. The van der Waals surface area contributed by atoms with Crippen LogP contribution in [0.4, 0.5) is 10.1 Å². The van der Waals surface area contributed by atoms with Crippen molar-refractivity contribution in [2.24, 2.45) is 0 Å². The van der Waals surface area contributed by atoms with Crippen molar-refractivity contribution < 1.29 is 17.9 Å². The highest BCUT2D eigenvalue weighted by molar-refractivity contribution is 7.90. The summed E-state index contributed by atoms with van der Waals surface area (Å²) >= 11 is 0. The maximum atomic E-state index is 12.6. The number of rotatable bonds is 4. The van der Waals surface area contributed by atoms with Crippen LogP contribution in [-0.2, 0) is 10.2 Å². The molecule has 7 heteroatoms. The van der Waals surface area contributed by atoms with E-state index < -0.39 is 21.8 Å². The van der Waals surface area contributed by atoms with Gasteiger partial charge in [0.25, 0.3) is 10.2 Å². The van der Waals surface area contributed by atoms with Crippen LogP contribution >= 0.6 is 0 Å². The SMILES string of the molecule is O=S(=O)(Nc1ccc(F)cc1O)NC1CC1. The Morgan fingerprint density at radius 3 is 2.62 bits per heavy atom. The Morgan fingerprint density at radius 2 is 2.06 bits per heavy atom. The smallest absolute Gasteiger partial charge is 0.299 e. The molecule has 0 heterocycles. The summed E-state index contributed by atoms with van der Waals surface area (Å²) in [4.78, 5) is 0. The lowest BCUT2D eigenvalue weighted by molar-refractivity contribution is 0.471. The first-order chi connectivity index (χ1) is 7.46. The van der Waals surface area contributed by atoms with Crippen LogP contribution in [0, 0.1) is 5.82 Å². The lowest BCUT2D eigenvalue weighted by atomic mass is 10.3. The Hall–Kier alpha value is -1.34. The Morgan fingerprint density at radius 1 is 1.38 bits per heavy atom. The molecule has 2 rings (SSSR count). The van der Waals surface area contributed by atoms with Gasteiger partial charge in [-0.25, -0.2) is 4.39 Å². The van der Waals surface area contributed by atoms with E-state index in [1.807, 2.05) is 0 Å². The predicted octanol–water partition coefficient (Wildman–Crippen LogP) is 0.940. The molecule has 3 N–H and O–H groups in total. The number of halogens is 1. The van der Waals surface area contributed by atoms with E-state index in [9.17, 15) is 17.9 Å². The Balaban J connectivity index is 2.13. The molecule has 0 aromatic heterocycles. The average Bonchev–Trinajstić information content (AvgIpc) is 2.93. The first kappa shape index (κ1) is 11.2. The third kappa shape index (κ3) is 2.83. The van der Waals surface area contributed by atoms with Crippen molar-refractivity contribution in [3.8, 4) is 5.75 Å². The molecule has 0 aliphatic heterocycles. The molecule has 1 fully saturated rings. The maximum Gasteiger partial charge on any atom is 0.299 e. The van der Waals surface area contributed by atoms with E-state index in [4.69, 9.17) is 0 Å². The van der Waals surface area contributed by atoms with Crippen LogP contribution in [0.3, 0.4) is 0 Å². The highest BCUT2D eigenvalue weighted by atomic mass is 32.2. The molecule has 1 aliphatic rings. The van der Waals surface area contributed by atoms with E-state index in [0.717, 1.165) is 31.0 Å². The van der Waals surface area contributed by atoms with Gasteiger partial charge < -0.3 is 5.11 Å². The number of hydrogen-bond donors (Lipinski definition) is 3. The molecule has 5 nitrogen and oxygen atoms in total. The first-order valence-corrected chi connectivity index (χ1v) is 6.23. The van der Waals surface area contributed by atoms with E-state index in [0.29, 0.717) is 0 Å². The molecule has 1 aromatic carbocycles. The van der Waals surface area contributed by atoms with E-state index >= 15 is 0 Å². The highest BCUT2D eigenvalue weighted by Gasteiger charge is 2.27. The number of nitrogens with one attached hydrogen (secondary N) is 2. The van der Waals surface area contributed by atoms with Gasteiger partial charge in [0, 0.05) is 12.1 Å². The molecule has 1 aliphatic carbocycles. The van der Waals surface area contributed by atoms with Crippen LogP contribution in [0.25, 0.3) is 0 Å². The van der Waals surface area contributed by atoms with Crippen LogP contribution in [-0.4, -0.2) is 19.6 Å². The zero-order valence-corrected chi connectivity index (χ0v) is 9.09. The standard InChI is InChI=1S/C9H11FN2O3S/c10-6-1-4-8(9(13)5-6)12-16(14,15)11-7-2-3-7/h1,4-5,7,11-13H,2-3H2. The van der Waals surface area contributed by atoms with E-state index in [-0.39, 0.29) is 11.7 Å². The minimum atomic E-state index is -3.69. The number of phenolic OH excluding ortho intramolecular Hbond substituents is 1. The van der Waals surface area contributed by atoms with Crippen LogP contribution in [0.2, 0.25) is 0 Å². The molecular weight excluding hydrogens is 235 g/mol. The molecular formula is C9H11FN2O3S. The van der Waals surface area contributed by atoms with E-state index in [2.05, 4.69) is 9.44 Å². The van der Waals surface area contributed by atoms with Crippen molar-refractivity contribution in [1.82, 2.24) is 4.72 Å². The monoisotopic (exact) mass is 246 g/mol. The molecule has 1 saturated carbocycles. The molecule has 0 bridgehead atoms. The maximum absolute atomic E-state index is 12.6. The molecule has 0 atom stereocenters. The molecule has 0 unspecified atom stereocenters. The summed E-state index contributed by atoms with van der Waals surface area (Å²) in [6.07, 6.45) is 1.63. The Kier molecular flexibility index (Phi) is 2.73. The van der Waals surface area contributed by atoms with Crippen molar-refractivity contribution in [3.63, 3.8) is 0 Å². The van der Waals surface area contributed by atoms with Crippen molar-refractivity contribution in [3.05, 3.63) is 24.0 Å². The van der Waals surface area contributed by atoms with Gasteiger partial charge in [-0.15, -0.1) is 0 Å². The number of benzene rings is 1. The summed E-state index contributed by atoms with van der Waals surface area (Å²) < 4.78 is 40.1. The zero-order chi connectivity index (χ0) is 11.8. The Labute approximate surface area is 92.5 Å². The lowest BCUT2D eigenvalue weighted by Gasteiger charge is -2.09. The van der Waals surface area contributed by atoms with Crippen molar-refractivity contribution in [2.75, 3.05) is 4.72 Å². The van der Waals surface area contributed by atoms with Crippen LogP contribution in [0.15, 0.2) is 18.2 Å². The van der Waals surface area contributed by atoms with E-state index in [1.165, 1.54) is 0 Å². The first-order valence-electron chi connectivity index (χ1n) is 4.75. The van der Waals surface area contributed by atoms with Gasteiger partial charge in [0.2, 0.25) is 0 Å². The van der Waals surface area contributed by atoms with Gasteiger partial charge >= 0.3 is 0 Å². The van der Waals surface area contributed by atoms with Crippen LogP contribution < -0.4 is 9.44 Å². The van der Waals surface area contributed by atoms with Crippen molar-refractivity contribution in [1.29, 1.82) is 0 Å². The molecule has 0 saturated heterocycles. The second-order valence-electron chi connectivity index (χ2n) is 3.66. The van der Waals surface area contributed by atoms with Gasteiger partial charge in [0.15, 0.2) is 0 Å². The average molecular weight is 246 g/mol. The summed E-state index contributed by atoms with van der Waals surface area (Å²) in [5.41, 5.74) is -0.0467. The van der Waals surface area contributed by atoms with Crippen LogP contribution in [0.5, 0.6) is 5.75 Å². The summed E-state index contributed by atoms with van der Waals surface area (Å²) in [5.74, 6) is -1.07. The molecule has 0 amide bonds. The minimum absolute atomic E-state index is 0.0277. The fourth-order valence-corrected chi connectivity index (χ4v) is 2.38. The molecule has 0 radical (unpaired) electrons. The summed E-state index contributed by atoms with van der Waals surface area (Å²) in [5, 5.41) is 9.31. The number of anilines is 1. The Bertz CT molecular complexity index is 499. The molecule has 16 heavy (non-hydrogen) atoms. The third-order valence-corrected chi connectivity index (χ3v) is 3.24. The summed E-state index contributed by atoms with van der Waals surface area (Å²) in [6.45, 7) is 0. The van der Waals surface area contributed by atoms with Gasteiger partial charge in [-0.2, -0.15) is 13.1 Å². The van der Waals surface area contributed by atoms with E-state index in [1.54, 1.807) is 0 Å². The summed E-state index contributed by atoms with van der Waals surface area (Å²) in [6, 6.07) is 3.04. The van der Waals surface area contributed by atoms with Gasteiger partial charge in [-0.05, 0) is 25.0 Å². The van der Waals surface area contributed by atoms with Gasteiger partial charge in [0.1, 0.15) is 11.6 Å². The van der Waals surface area contributed by atoms with Crippen molar-refractivity contribution in [2.45, 2.75) is 18.9 Å². The predicted molar refractivity (Wildman–Crippen MR) is 56.8 cm³/mol. The highest BCUT2D eigenvalue weighted by Crippen LogP contribution is 2.25. The van der Waals surface area contributed by atoms with Gasteiger partial charge in [0.05, 0.1) is 5.69 Å². The third-order valence-electron chi connectivity index (χ3n) is 2.10. The molecule has 88 valence electrons. The van der Waals surface area contributed by atoms with Crippen molar-refractivity contribution >= 4 is 15.9 Å². The lowest BCUT2D eigenvalue weighted by Crippen LogP contribution is -2.31. The summed E-state index contributed by atoms with van der Waals surface area (Å²) in [7, 11) is -3.69.